The molecule has 0 saturated heterocycles. The Balaban J connectivity index is 0.00000338. The van der Waals surface area contributed by atoms with Crippen molar-refractivity contribution in [1.82, 2.24) is 30.3 Å². The first-order valence-electron chi connectivity index (χ1n) is 9.54. The maximum absolute atomic E-state index is 4.46. The van der Waals surface area contributed by atoms with Gasteiger partial charge in [-0.1, -0.05) is 0 Å². The number of halogens is 1. The number of hydrogen-bond donors (Lipinski definition) is 2. The lowest BCUT2D eigenvalue weighted by atomic mass is 10.1. The summed E-state index contributed by atoms with van der Waals surface area (Å²) in [7, 11) is 1.83. The fourth-order valence-corrected chi connectivity index (χ4v) is 3.52. The molecule has 150 valence electrons. The molecule has 1 aromatic heterocycles. The third kappa shape index (κ3) is 6.68. The van der Waals surface area contributed by atoms with Crippen LogP contribution in [0, 0.1) is 6.92 Å². The molecular formula is C18H36IN7. The highest BCUT2D eigenvalue weighted by Crippen LogP contribution is 2.12. The van der Waals surface area contributed by atoms with Gasteiger partial charge in [0.05, 0.1) is 6.54 Å². The zero-order chi connectivity index (χ0) is 18.4. The van der Waals surface area contributed by atoms with E-state index in [-0.39, 0.29) is 24.0 Å². The number of aromatic nitrogens is 3. The van der Waals surface area contributed by atoms with E-state index in [2.05, 4.69) is 58.3 Å². The van der Waals surface area contributed by atoms with Crippen molar-refractivity contribution in [3.63, 3.8) is 0 Å². The van der Waals surface area contributed by atoms with Crippen molar-refractivity contribution < 1.29 is 0 Å². The Hall–Kier alpha value is -0.900. The van der Waals surface area contributed by atoms with Gasteiger partial charge >= 0.3 is 0 Å². The Bertz CT molecular complexity index is 560. The molecule has 2 heterocycles. The molecule has 0 bridgehead atoms. The molecule has 26 heavy (non-hydrogen) atoms. The molecular weight excluding hydrogens is 441 g/mol. The van der Waals surface area contributed by atoms with Crippen LogP contribution in [0.4, 0.5) is 0 Å². The number of hydrogen-bond acceptors (Lipinski definition) is 4. The number of rotatable bonds is 7. The molecule has 0 spiro atoms. The highest BCUT2D eigenvalue weighted by atomic mass is 127. The average molecular weight is 477 g/mol. The molecule has 0 fully saturated rings. The van der Waals surface area contributed by atoms with E-state index in [1.54, 1.807) is 0 Å². The molecule has 7 nitrogen and oxygen atoms in total. The van der Waals surface area contributed by atoms with Gasteiger partial charge < -0.3 is 10.6 Å². The minimum Gasteiger partial charge on any atom is -0.356 e. The van der Waals surface area contributed by atoms with Crippen LogP contribution in [0.3, 0.4) is 0 Å². The fourth-order valence-electron chi connectivity index (χ4n) is 3.52. The lowest BCUT2D eigenvalue weighted by Crippen LogP contribution is -2.47. The largest absolute Gasteiger partial charge is 0.356 e. The first kappa shape index (κ1) is 23.1. The zero-order valence-corrected chi connectivity index (χ0v) is 19.4. The van der Waals surface area contributed by atoms with Gasteiger partial charge in [0.15, 0.2) is 5.96 Å². The molecule has 1 aromatic rings. The van der Waals surface area contributed by atoms with E-state index >= 15 is 0 Å². The van der Waals surface area contributed by atoms with Gasteiger partial charge in [0, 0.05) is 44.7 Å². The Morgan fingerprint density at radius 2 is 2.00 bits per heavy atom. The van der Waals surface area contributed by atoms with Crippen molar-refractivity contribution in [3.05, 3.63) is 11.6 Å². The number of aliphatic imine (C=N–C) groups is 1. The van der Waals surface area contributed by atoms with Crippen molar-refractivity contribution in [2.45, 2.75) is 78.6 Å². The third-order valence-corrected chi connectivity index (χ3v) is 4.74. The van der Waals surface area contributed by atoms with E-state index in [1.165, 1.54) is 0 Å². The molecule has 0 saturated carbocycles. The highest BCUT2D eigenvalue weighted by molar-refractivity contribution is 14.0. The zero-order valence-electron chi connectivity index (χ0n) is 17.1. The number of nitrogens with zero attached hydrogens (tertiary/aromatic N) is 5. The predicted octanol–water partition coefficient (Wildman–Crippen LogP) is 2.19. The van der Waals surface area contributed by atoms with Gasteiger partial charge in [-0.15, -0.1) is 24.0 Å². The first-order valence-corrected chi connectivity index (χ1v) is 9.54. The molecule has 0 amide bonds. The molecule has 1 unspecified atom stereocenters. The minimum absolute atomic E-state index is 0. The molecule has 0 aliphatic carbocycles. The lowest BCUT2D eigenvalue weighted by Gasteiger charge is -2.30. The van der Waals surface area contributed by atoms with E-state index in [9.17, 15) is 0 Å². The third-order valence-electron chi connectivity index (χ3n) is 4.74. The van der Waals surface area contributed by atoms with Crippen molar-refractivity contribution in [1.29, 1.82) is 0 Å². The summed E-state index contributed by atoms with van der Waals surface area (Å²) in [6, 6.07) is 1.52. The fraction of sp³-hybridized carbons (Fsp3) is 0.833. The standard InChI is InChI=1S/C18H35N7.HI/c1-13(2)24(14(3)4)11-7-10-20-18(19-6)22-16-8-9-17-21-15(5)23-25(17)12-16;/h13-14,16H,7-12H2,1-6H3,(H2,19,20,22);1H. The molecule has 2 N–H and O–H groups in total. The van der Waals surface area contributed by atoms with Gasteiger partial charge in [-0.3, -0.25) is 9.89 Å². The highest BCUT2D eigenvalue weighted by Gasteiger charge is 2.21. The second kappa shape index (κ2) is 11.1. The molecule has 2 rings (SSSR count). The summed E-state index contributed by atoms with van der Waals surface area (Å²) < 4.78 is 2.02. The average Bonchev–Trinajstić information content (AvgIpc) is 2.91. The number of fused-ring (bicyclic) bond motifs is 1. The summed E-state index contributed by atoms with van der Waals surface area (Å²) in [5.41, 5.74) is 0. The van der Waals surface area contributed by atoms with Crippen molar-refractivity contribution in [2.24, 2.45) is 4.99 Å². The predicted molar refractivity (Wildman–Crippen MR) is 118 cm³/mol. The molecule has 1 aliphatic rings. The topological polar surface area (TPSA) is 70.4 Å². The summed E-state index contributed by atoms with van der Waals surface area (Å²) in [6.07, 6.45) is 3.13. The Morgan fingerprint density at radius 3 is 2.62 bits per heavy atom. The number of nitrogens with one attached hydrogen (secondary N) is 2. The van der Waals surface area contributed by atoms with Crippen LogP contribution in [0.2, 0.25) is 0 Å². The monoisotopic (exact) mass is 477 g/mol. The van der Waals surface area contributed by atoms with Crippen LogP contribution >= 0.6 is 24.0 Å². The van der Waals surface area contributed by atoms with E-state index < -0.39 is 0 Å². The Kier molecular flexibility index (Phi) is 9.84. The smallest absolute Gasteiger partial charge is 0.191 e. The van der Waals surface area contributed by atoms with Crippen LogP contribution in [0.15, 0.2) is 4.99 Å². The van der Waals surface area contributed by atoms with Crippen molar-refractivity contribution in [2.75, 3.05) is 20.1 Å². The number of aryl methyl sites for hydroxylation is 2. The second-order valence-electron chi connectivity index (χ2n) is 7.42. The van der Waals surface area contributed by atoms with Crippen LogP contribution in [0.1, 0.15) is 52.2 Å². The SMILES string of the molecule is CN=C(NCCCN(C(C)C)C(C)C)NC1CCc2nc(C)nn2C1.I. The first-order chi connectivity index (χ1) is 11.9. The van der Waals surface area contributed by atoms with Gasteiger partial charge in [0.25, 0.3) is 0 Å². The molecule has 0 aromatic carbocycles. The maximum Gasteiger partial charge on any atom is 0.191 e. The van der Waals surface area contributed by atoms with E-state index in [1.807, 2.05) is 18.7 Å². The molecule has 1 atom stereocenters. The quantitative estimate of drug-likeness (QED) is 0.273. The summed E-state index contributed by atoms with van der Waals surface area (Å²) in [5, 5.41) is 11.4. The second-order valence-corrected chi connectivity index (χ2v) is 7.42. The summed E-state index contributed by atoms with van der Waals surface area (Å²) in [4.78, 5) is 11.4. The van der Waals surface area contributed by atoms with E-state index in [0.29, 0.717) is 18.1 Å². The van der Waals surface area contributed by atoms with Crippen molar-refractivity contribution in [3.8, 4) is 0 Å². The minimum atomic E-state index is 0. The Labute approximate surface area is 175 Å². The molecule has 8 heteroatoms. The van der Waals surface area contributed by atoms with Crippen LogP contribution in [-0.2, 0) is 13.0 Å². The van der Waals surface area contributed by atoms with Crippen LogP contribution < -0.4 is 10.6 Å². The summed E-state index contributed by atoms with van der Waals surface area (Å²) in [5.74, 6) is 2.84. The van der Waals surface area contributed by atoms with Crippen LogP contribution in [0.25, 0.3) is 0 Å². The lowest BCUT2D eigenvalue weighted by molar-refractivity contribution is 0.173. The summed E-state index contributed by atoms with van der Waals surface area (Å²) in [6.45, 7) is 13.9. The molecule has 0 radical (unpaired) electrons. The van der Waals surface area contributed by atoms with Gasteiger partial charge in [0.2, 0.25) is 0 Å². The number of guanidine groups is 1. The van der Waals surface area contributed by atoms with Gasteiger partial charge in [0.1, 0.15) is 11.6 Å². The Morgan fingerprint density at radius 1 is 1.31 bits per heavy atom. The van der Waals surface area contributed by atoms with Gasteiger partial charge in [-0.2, -0.15) is 5.10 Å². The van der Waals surface area contributed by atoms with E-state index in [0.717, 1.165) is 56.5 Å². The van der Waals surface area contributed by atoms with Crippen LogP contribution in [0.5, 0.6) is 0 Å². The van der Waals surface area contributed by atoms with E-state index in [4.69, 9.17) is 0 Å². The van der Waals surface area contributed by atoms with Gasteiger partial charge in [-0.25, -0.2) is 9.67 Å². The maximum atomic E-state index is 4.46. The molecule has 1 aliphatic heterocycles. The van der Waals surface area contributed by atoms with Crippen LogP contribution in [-0.4, -0.2) is 63.9 Å². The normalized spacial score (nSPS) is 17.4. The van der Waals surface area contributed by atoms with Crippen molar-refractivity contribution >= 4 is 29.9 Å². The summed E-state index contributed by atoms with van der Waals surface area (Å²) >= 11 is 0. The van der Waals surface area contributed by atoms with Gasteiger partial charge in [-0.05, 0) is 47.5 Å².